The highest BCUT2D eigenvalue weighted by Crippen LogP contribution is 2.30. The summed E-state index contributed by atoms with van der Waals surface area (Å²) in [5.41, 5.74) is 5.06. The summed E-state index contributed by atoms with van der Waals surface area (Å²) in [4.78, 5) is 4.50. The molecular formula is C19H14N4. The minimum Gasteiger partial charge on any atom is -0.282 e. The number of hydrogen-bond acceptors (Lipinski definition) is 3. The summed E-state index contributed by atoms with van der Waals surface area (Å²) in [5, 5.41) is 15.8. The number of aromatic nitrogens is 3. The summed E-state index contributed by atoms with van der Waals surface area (Å²) in [7, 11) is 0. The van der Waals surface area contributed by atoms with Crippen LogP contribution in [0.4, 0.5) is 0 Å². The van der Waals surface area contributed by atoms with Gasteiger partial charge in [0.2, 0.25) is 0 Å². The maximum atomic E-state index is 8.19. The fourth-order valence-corrected chi connectivity index (χ4v) is 2.72. The molecule has 0 saturated heterocycles. The molecule has 0 aliphatic carbocycles. The molecule has 0 radical (unpaired) electrons. The van der Waals surface area contributed by atoms with Gasteiger partial charge in [0.25, 0.3) is 0 Å². The Labute approximate surface area is 133 Å². The first-order valence-corrected chi connectivity index (χ1v) is 7.37. The van der Waals surface area contributed by atoms with Crippen LogP contribution >= 0.6 is 0 Å². The van der Waals surface area contributed by atoms with Gasteiger partial charge in [-0.15, -0.1) is 0 Å². The monoisotopic (exact) mass is 298 g/mol. The third-order valence-corrected chi connectivity index (χ3v) is 3.85. The van der Waals surface area contributed by atoms with E-state index in [1.54, 1.807) is 6.20 Å². The highest BCUT2D eigenvalue weighted by Gasteiger charge is 2.08. The zero-order valence-electron chi connectivity index (χ0n) is 12.3. The molecule has 110 valence electrons. The van der Waals surface area contributed by atoms with E-state index >= 15 is 0 Å². The summed E-state index contributed by atoms with van der Waals surface area (Å²) in [5.74, 6) is 0. The zero-order chi connectivity index (χ0) is 15.6. The summed E-state index contributed by atoms with van der Waals surface area (Å²) in [6.45, 7) is 0. The normalized spacial score (nSPS) is 10.8. The van der Waals surface area contributed by atoms with E-state index in [4.69, 9.17) is 5.41 Å². The lowest BCUT2D eigenvalue weighted by molar-refractivity contribution is 1.11. The van der Waals surface area contributed by atoms with Crippen molar-refractivity contribution < 1.29 is 0 Å². The Kier molecular flexibility index (Phi) is 3.20. The molecule has 2 heterocycles. The van der Waals surface area contributed by atoms with Crippen LogP contribution in [0.15, 0.2) is 72.9 Å². The van der Waals surface area contributed by atoms with Crippen molar-refractivity contribution in [3.63, 3.8) is 0 Å². The Bertz CT molecular complexity index is 1040. The molecule has 4 rings (SSSR count). The molecule has 2 aromatic heterocycles. The summed E-state index contributed by atoms with van der Waals surface area (Å²) < 4.78 is 0. The quantitative estimate of drug-likeness (QED) is 0.591. The van der Waals surface area contributed by atoms with Crippen LogP contribution in [0.25, 0.3) is 33.3 Å². The van der Waals surface area contributed by atoms with Crippen molar-refractivity contribution in [3.8, 4) is 22.4 Å². The molecule has 4 heteroatoms. The number of H-pyrrole nitrogens is 1. The van der Waals surface area contributed by atoms with E-state index in [2.05, 4.69) is 33.4 Å². The standard InChI is InChI=1S/C19H14N4/c20-19-16-12-21-23-18(16)11-10-17(22-19)15-9-5-4-8-14(15)13-6-2-1-3-7-13/h1-12,20H,(H,21,23). The smallest absolute Gasteiger partial charge is 0.156 e. The number of hydrogen-bond donors (Lipinski definition) is 2. The Morgan fingerprint density at radius 1 is 0.783 bits per heavy atom. The molecule has 4 aromatic rings. The van der Waals surface area contributed by atoms with Crippen LogP contribution in [-0.2, 0) is 0 Å². The van der Waals surface area contributed by atoms with Crippen LogP contribution < -0.4 is 5.49 Å². The second-order valence-electron chi connectivity index (χ2n) is 5.29. The van der Waals surface area contributed by atoms with Gasteiger partial charge in [-0.1, -0.05) is 54.6 Å². The minimum atomic E-state index is 0.219. The third-order valence-electron chi connectivity index (χ3n) is 3.85. The van der Waals surface area contributed by atoms with Crippen LogP contribution in [0.1, 0.15) is 0 Å². The molecule has 0 aliphatic rings. The number of nitrogens with one attached hydrogen (secondary N) is 2. The van der Waals surface area contributed by atoms with Crippen LogP contribution in [0, 0.1) is 5.41 Å². The van der Waals surface area contributed by atoms with Gasteiger partial charge in [-0.2, -0.15) is 5.10 Å². The Morgan fingerprint density at radius 3 is 2.35 bits per heavy atom. The fourth-order valence-electron chi connectivity index (χ4n) is 2.72. The topological polar surface area (TPSA) is 65.4 Å². The molecule has 2 aromatic carbocycles. The Hall–Kier alpha value is -3.27. The number of fused-ring (bicyclic) bond motifs is 1. The summed E-state index contributed by atoms with van der Waals surface area (Å²) >= 11 is 0. The van der Waals surface area contributed by atoms with Crippen molar-refractivity contribution in [3.05, 3.63) is 78.4 Å². The van der Waals surface area contributed by atoms with Gasteiger partial charge in [0.15, 0.2) is 5.49 Å². The molecule has 0 unspecified atom stereocenters. The average Bonchev–Trinajstić information content (AvgIpc) is 3.02. The molecule has 23 heavy (non-hydrogen) atoms. The molecule has 0 amide bonds. The van der Waals surface area contributed by atoms with Gasteiger partial charge >= 0.3 is 0 Å². The second kappa shape index (κ2) is 5.50. The second-order valence-corrected chi connectivity index (χ2v) is 5.29. The third kappa shape index (κ3) is 2.40. The Morgan fingerprint density at radius 2 is 1.52 bits per heavy atom. The molecule has 0 aliphatic heterocycles. The number of rotatable bonds is 2. The highest BCUT2D eigenvalue weighted by molar-refractivity contribution is 5.83. The highest BCUT2D eigenvalue weighted by atomic mass is 15.1. The van der Waals surface area contributed by atoms with E-state index in [9.17, 15) is 0 Å². The van der Waals surface area contributed by atoms with E-state index in [-0.39, 0.29) is 5.49 Å². The molecule has 0 saturated carbocycles. The molecule has 0 fully saturated rings. The fraction of sp³-hybridized carbons (Fsp3) is 0. The van der Waals surface area contributed by atoms with Gasteiger partial charge in [-0.05, 0) is 23.3 Å². The maximum Gasteiger partial charge on any atom is 0.156 e. The van der Waals surface area contributed by atoms with Crippen molar-refractivity contribution in [1.82, 2.24) is 15.2 Å². The van der Waals surface area contributed by atoms with E-state index < -0.39 is 0 Å². The summed E-state index contributed by atoms with van der Waals surface area (Å²) in [6.07, 6.45) is 1.64. The number of benzene rings is 2. The molecule has 2 N–H and O–H groups in total. The first-order chi connectivity index (χ1) is 11.3. The average molecular weight is 298 g/mol. The molecule has 0 atom stereocenters. The van der Waals surface area contributed by atoms with E-state index in [0.717, 1.165) is 27.9 Å². The first kappa shape index (κ1) is 13.4. The van der Waals surface area contributed by atoms with Crippen molar-refractivity contribution in [2.75, 3.05) is 0 Å². The number of nitrogens with zero attached hydrogens (tertiary/aromatic N) is 2. The maximum absolute atomic E-state index is 8.19. The lowest BCUT2D eigenvalue weighted by atomic mass is 9.98. The largest absolute Gasteiger partial charge is 0.282 e. The van der Waals surface area contributed by atoms with Gasteiger partial charge in [-0.25, -0.2) is 4.98 Å². The predicted octanol–water partition coefficient (Wildman–Crippen LogP) is 3.77. The van der Waals surface area contributed by atoms with Crippen LogP contribution in [0.5, 0.6) is 0 Å². The van der Waals surface area contributed by atoms with Gasteiger partial charge < -0.3 is 0 Å². The minimum absolute atomic E-state index is 0.219. The van der Waals surface area contributed by atoms with Gasteiger partial charge in [0, 0.05) is 5.56 Å². The number of aromatic amines is 1. The van der Waals surface area contributed by atoms with Crippen LogP contribution in [0.3, 0.4) is 0 Å². The van der Waals surface area contributed by atoms with E-state index in [1.807, 2.05) is 48.5 Å². The van der Waals surface area contributed by atoms with Gasteiger partial charge in [-0.3, -0.25) is 10.5 Å². The van der Waals surface area contributed by atoms with Crippen molar-refractivity contribution in [1.29, 1.82) is 5.41 Å². The van der Waals surface area contributed by atoms with E-state index in [0.29, 0.717) is 5.39 Å². The van der Waals surface area contributed by atoms with Crippen LogP contribution in [-0.4, -0.2) is 15.2 Å². The van der Waals surface area contributed by atoms with Crippen molar-refractivity contribution in [2.45, 2.75) is 0 Å². The van der Waals surface area contributed by atoms with Gasteiger partial charge in [0.1, 0.15) is 0 Å². The molecule has 4 nitrogen and oxygen atoms in total. The lowest BCUT2D eigenvalue weighted by Crippen LogP contribution is -2.03. The van der Waals surface area contributed by atoms with Crippen LogP contribution in [0.2, 0.25) is 0 Å². The predicted molar refractivity (Wildman–Crippen MR) is 90.6 cm³/mol. The lowest BCUT2D eigenvalue weighted by Gasteiger charge is -2.08. The molecule has 0 spiro atoms. The van der Waals surface area contributed by atoms with Crippen molar-refractivity contribution >= 4 is 10.9 Å². The summed E-state index contributed by atoms with van der Waals surface area (Å²) in [6, 6.07) is 22.2. The first-order valence-electron chi connectivity index (χ1n) is 7.37. The Balaban J connectivity index is 1.97. The molecule has 0 bridgehead atoms. The molecular weight excluding hydrogens is 284 g/mol. The van der Waals surface area contributed by atoms with E-state index in [1.165, 1.54) is 0 Å². The SMILES string of the molecule is N=c1nc(-c2ccccc2-c2ccccc2)ccc2[nH]ncc12. The van der Waals surface area contributed by atoms with Gasteiger partial charge in [0.05, 0.1) is 22.8 Å². The van der Waals surface area contributed by atoms with Crippen molar-refractivity contribution in [2.24, 2.45) is 0 Å². The zero-order valence-corrected chi connectivity index (χ0v) is 12.3.